The normalized spacial score (nSPS) is 11.8. The summed E-state index contributed by atoms with van der Waals surface area (Å²) in [5.74, 6) is 0. The van der Waals surface area contributed by atoms with Crippen molar-refractivity contribution < 1.29 is 13.0 Å². The largest absolute Gasteiger partial charge is 0.295 e. The lowest BCUT2D eigenvalue weighted by molar-refractivity contribution is 0.483. The lowest BCUT2D eigenvalue weighted by atomic mass is 10.1. The molecule has 2 rings (SSSR count). The van der Waals surface area contributed by atoms with Crippen LogP contribution in [-0.4, -0.2) is 13.0 Å². The first-order chi connectivity index (χ1) is 8.57. The Kier molecular flexibility index (Phi) is 3.60. The van der Waals surface area contributed by atoms with Crippen LogP contribution in [0.3, 0.4) is 0 Å². The summed E-state index contributed by atoms with van der Waals surface area (Å²) in [7, 11) is -4.19. The Balaban J connectivity index is 2.39. The molecule has 0 saturated heterocycles. The van der Waals surface area contributed by atoms with Gasteiger partial charge in [0.25, 0.3) is 10.1 Å². The zero-order valence-corrected chi connectivity index (χ0v) is 10.3. The smallest absolute Gasteiger partial charge is 0.282 e. The minimum Gasteiger partial charge on any atom is -0.282 e. The Bertz CT molecular complexity index is 658. The second-order valence-corrected chi connectivity index (χ2v) is 5.15. The fourth-order valence-electron chi connectivity index (χ4n) is 1.60. The second kappa shape index (κ2) is 5.16. The van der Waals surface area contributed by atoms with E-state index in [1.807, 2.05) is 30.3 Å². The molecule has 0 aromatic heterocycles. The molecule has 2 aromatic carbocycles. The van der Waals surface area contributed by atoms with Gasteiger partial charge in [-0.2, -0.15) is 8.42 Å². The molecular weight excluding hydrogens is 248 g/mol. The van der Waals surface area contributed by atoms with Crippen LogP contribution in [0, 0.1) is 0 Å². The van der Waals surface area contributed by atoms with E-state index >= 15 is 0 Å². The molecule has 0 amide bonds. The number of benzene rings is 2. The maximum atomic E-state index is 11.2. The molecule has 0 spiro atoms. The summed E-state index contributed by atoms with van der Waals surface area (Å²) in [6.07, 6.45) is 3.46. The fourth-order valence-corrected chi connectivity index (χ4v) is 2.29. The Morgan fingerprint density at radius 2 is 1.44 bits per heavy atom. The van der Waals surface area contributed by atoms with Crippen LogP contribution >= 0.6 is 0 Å². The Morgan fingerprint density at radius 3 is 2.11 bits per heavy atom. The van der Waals surface area contributed by atoms with Gasteiger partial charge in [0.2, 0.25) is 0 Å². The van der Waals surface area contributed by atoms with E-state index < -0.39 is 10.1 Å². The molecule has 2 aromatic rings. The highest BCUT2D eigenvalue weighted by Gasteiger charge is 2.12. The maximum absolute atomic E-state index is 11.2. The van der Waals surface area contributed by atoms with E-state index in [0.717, 1.165) is 5.56 Å². The average Bonchev–Trinajstić information content (AvgIpc) is 2.37. The highest BCUT2D eigenvalue weighted by atomic mass is 32.2. The molecule has 0 heterocycles. The van der Waals surface area contributed by atoms with Crippen molar-refractivity contribution in [2.24, 2.45) is 0 Å². The molecule has 1 N–H and O–H groups in total. The predicted molar refractivity (Wildman–Crippen MR) is 71.6 cm³/mol. The molecule has 0 atom stereocenters. The van der Waals surface area contributed by atoms with Gasteiger partial charge in [-0.1, -0.05) is 60.7 Å². The van der Waals surface area contributed by atoms with Crippen molar-refractivity contribution in [2.75, 3.05) is 0 Å². The summed E-state index contributed by atoms with van der Waals surface area (Å²) in [4.78, 5) is -0.0859. The summed E-state index contributed by atoms with van der Waals surface area (Å²) >= 11 is 0. The minimum absolute atomic E-state index is 0.0859. The summed E-state index contributed by atoms with van der Waals surface area (Å²) in [6, 6.07) is 15.8. The third-order valence-corrected chi connectivity index (χ3v) is 3.38. The van der Waals surface area contributed by atoms with E-state index in [1.54, 1.807) is 30.4 Å². The zero-order chi connectivity index (χ0) is 13.0. The summed E-state index contributed by atoms with van der Waals surface area (Å²) in [5.41, 5.74) is 1.42. The first-order valence-electron chi connectivity index (χ1n) is 5.37. The van der Waals surface area contributed by atoms with Crippen molar-refractivity contribution in [2.45, 2.75) is 4.90 Å². The van der Waals surface area contributed by atoms with Gasteiger partial charge in [-0.25, -0.2) is 0 Å². The fraction of sp³-hybridized carbons (Fsp3) is 0. The molecule has 0 radical (unpaired) electrons. The third-order valence-electron chi connectivity index (χ3n) is 2.45. The first kappa shape index (κ1) is 12.5. The van der Waals surface area contributed by atoms with E-state index in [9.17, 15) is 8.42 Å². The van der Waals surface area contributed by atoms with Gasteiger partial charge in [-0.3, -0.25) is 4.55 Å². The average molecular weight is 260 g/mol. The van der Waals surface area contributed by atoms with Crippen LogP contribution in [0.4, 0.5) is 0 Å². The number of hydrogen-bond donors (Lipinski definition) is 1. The van der Waals surface area contributed by atoms with Crippen molar-refractivity contribution in [1.82, 2.24) is 0 Å². The topological polar surface area (TPSA) is 54.4 Å². The molecule has 4 heteroatoms. The summed E-state index contributed by atoms with van der Waals surface area (Å²) in [6.45, 7) is 0. The lowest BCUT2D eigenvalue weighted by Crippen LogP contribution is -2.00. The van der Waals surface area contributed by atoms with Crippen molar-refractivity contribution >= 4 is 22.3 Å². The minimum atomic E-state index is -4.19. The molecule has 0 aliphatic heterocycles. The molecule has 0 fully saturated rings. The monoisotopic (exact) mass is 260 g/mol. The second-order valence-electron chi connectivity index (χ2n) is 3.76. The van der Waals surface area contributed by atoms with Gasteiger partial charge in [0.1, 0.15) is 4.90 Å². The van der Waals surface area contributed by atoms with Crippen molar-refractivity contribution in [3.8, 4) is 0 Å². The van der Waals surface area contributed by atoms with Crippen LogP contribution in [0.2, 0.25) is 0 Å². The molecule has 92 valence electrons. The molecule has 0 aliphatic rings. The van der Waals surface area contributed by atoms with Gasteiger partial charge < -0.3 is 0 Å². The Morgan fingerprint density at radius 1 is 0.833 bits per heavy atom. The van der Waals surface area contributed by atoms with Crippen LogP contribution in [-0.2, 0) is 10.1 Å². The first-order valence-corrected chi connectivity index (χ1v) is 6.81. The standard InChI is InChI=1S/C14H12O3S/c15-18(16,17)14-9-5-4-8-13(14)11-10-12-6-2-1-3-7-12/h1-11H,(H,15,16,17). The molecule has 18 heavy (non-hydrogen) atoms. The Labute approximate surface area is 106 Å². The lowest BCUT2D eigenvalue weighted by Gasteiger charge is -2.01. The summed E-state index contributed by atoms with van der Waals surface area (Å²) < 4.78 is 31.5. The van der Waals surface area contributed by atoms with E-state index in [1.165, 1.54) is 6.07 Å². The molecule has 0 aliphatic carbocycles. The van der Waals surface area contributed by atoms with Crippen LogP contribution in [0.1, 0.15) is 11.1 Å². The van der Waals surface area contributed by atoms with Gasteiger partial charge in [-0.15, -0.1) is 0 Å². The predicted octanol–water partition coefficient (Wildman–Crippen LogP) is 3.10. The highest BCUT2D eigenvalue weighted by molar-refractivity contribution is 7.85. The van der Waals surface area contributed by atoms with E-state index in [-0.39, 0.29) is 4.90 Å². The maximum Gasteiger partial charge on any atom is 0.295 e. The van der Waals surface area contributed by atoms with Crippen LogP contribution in [0.15, 0.2) is 59.5 Å². The van der Waals surface area contributed by atoms with E-state index in [0.29, 0.717) is 5.56 Å². The van der Waals surface area contributed by atoms with Crippen LogP contribution in [0.25, 0.3) is 12.2 Å². The quantitative estimate of drug-likeness (QED) is 0.681. The van der Waals surface area contributed by atoms with Gasteiger partial charge in [0, 0.05) is 0 Å². The number of hydrogen-bond acceptors (Lipinski definition) is 2. The van der Waals surface area contributed by atoms with Crippen LogP contribution in [0.5, 0.6) is 0 Å². The van der Waals surface area contributed by atoms with Crippen molar-refractivity contribution in [3.63, 3.8) is 0 Å². The van der Waals surface area contributed by atoms with Crippen molar-refractivity contribution in [3.05, 3.63) is 65.7 Å². The zero-order valence-electron chi connectivity index (χ0n) is 9.52. The van der Waals surface area contributed by atoms with Gasteiger partial charge in [0.05, 0.1) is 0 Å². The third kappa shape index (κ3) is 3.06. The van der Waals surface area contributed by atoms with E-state index in [4.69, 9.17) is 4.55 Å². The Hall–Kier alpha value is -1.91. The number of rotatable bonds is 3. The molecule has 0 bridgehead atoms. The molecule has 3 nitrogen and oxygen atoms in total. The van der Waals surface area contributed by atoms with Crippen LogP contribution < -0.4 is 0 Å². The molecular formula is C14H12O3S. The van der Waals surface area contributed by atoms with Gasteiger partial charge >= 0.3 is 0 Å². The molecule has 0 saturated carbocycles. The summed E-state index contributed by atoms with van der Waals surface area (Å²) in [5, 5.41) is 0. The highest BCUT2D eigenvalue weighted by Crippen LogP contribution is 2.17. The van der Waals surface area contributed by atoms with Gasteiger partial charge in [0.15, 0.2) is 0 Å². The van der Waals surface area contributed by atoms with Gasteiger partial charge in [-0.05, 0) is 17.2 Å². The van der Waals surface area contributed by atoms with E-state index in [2.05, 4.69) is 0 Å². The van der Waals surface area contributed by atoms with Crippen molar-refractivity contribution in [1.29, 1.82) is 0 Å². The molecule has 0 unspecified atom stereocenters. The SMILES string of the molecule is O=S(=O)(O)c1ccccc1C=Cc1ccccc1.